The normalized spacial score (nSPS) is 10.9. The van der Waals surface area contributed by atoms with Crippen molar-refractivity contribution in [2.24, 2.45) is 5.10 Å². The van der Waals surface area contributed by atoms with Gasteiger partial charge in [-0.25, -0.2) is 5.43 Å². The van der Waals surface area contributed by atoms with Gasteiger partial charge in [0.2, 0.25) is 5.91 Å². The summed E-state index contributed by atoms with van der Waals surface area (Å²) in [5, 5.41) is 4.00. The van der Waals surface area contributed by atoms with Gasteiger partial charge < -0.3 is 9.47 Å². The van der Waals surface area contributed by atoms with Gasteiger partial charge in [0, 0.05) is 6.42 Å². The molecular formula is C20H24N2O3. The van der Waals surface area contributed by atoms with E-state index in [-0.39, 0.29) is 12.0 Å². The van der Waals surface area contributed by atoms with Crippen molar-refractivity contribution in [2.75, 3.05) is 7.11 Å². The standard InChI is InChI=1S/C20H24N2O3/c1-15(2)25-18-11-9-17(13-19(18)24-3)14-21-22-20(23)12-10-16-7-5-4-6-8-16/h4-9,11,13-15H,10,12H2,1-3H3,(H,22,23)/b21-14+. The van der Waals surface area contributed by atoms with Crippen molar-refractivity contribution in [2.45, 2.75) is 32.8 Å². The Bertz CT molecular complexity index is 712. The van der Waals surface area contributed by atoms with Crippen LogP contribution >= 0.6 is 0 Å². The van der Waals surface area contributed by atoms with E-state index in [0.29, 0.717) is 24.3 Å². The largest absolute Gasteiger partial charge is 0.493 e. The average molecular weight is 340 g/mol. The number of carbonyl (C=O) groups is 1. The van der Waals surface area contributed by atoms with Gasteiger partial charge in [0.25, 0.3) is 0 Å². The van der Waals surface area contributed by atoms with Gasteiger partial charge in [-0.05, 0) is 49.6 Å². The number of amides is 1. The molecule has 5 heteroatoms. The minimum atomic E-state index is -0.119. The van der Waals surface area contributed by atoms with Crippen molar-refractivity contribution in [1.29, 1.82) is 0 Å². The van der Waals surface area contributed by atoms with E-state index in [0.717, 1.165) is 11.1 Å². The maximum absolute atomic E-state index is 11.8. The molecule has 0 aromatic heterocycles. The Labute approximate surface area is 148 Å². The van der Waals surface area contributed by atoms with Gasteiger partial charge in [-0.2, -0.15) is 5.10 Å². The van der Waals surface area contributed by atoms with Gasteiger partial charge in [-0.1, -0.05) is 30.3 Å². The molecule has 2 rings (SSSR count). The number of ether oxygens (including phenoxy) is 2. The molecule has 0 unspecified atom stereocenters. The molecule has 0 aliphatic carbocycles. The molecular weight excluding hydrogens is 316 g/mol. The van der Waals surface area contributed by atoms with Crippen molar-refractivity contribution >= 4 is 12.1 Å². The van der Waals surface area contributed by atoms with Crippen LogP contribution in [0.5, 0.6) is 11.5 Å². The van der Waals surface area contributed by atoms with Crippen LogP contribution in [0.1, 0.15) is 31.4 Å². The second-order valence-corrected chi connectivity index (χ2v) is 5.86. The third-order valence-corrected chi connectivity index (χ3v) is 3.44. The van der Waals surface area contributed by atoms with E-state index < -0.39 is 0 Å². The summed E-state index contributed by atoms with van der Waals surface area (Å²) in [6.07, 6.45) is 2.74. The van der Waals surface area contributed by atoms with Crippen LogP contribution in [0, 0.1) is 0 Å². The van der Waals surface area contributed by atoms with Crippen LogP contribution < -0.4 is 14.9 Å². The highest BCUT2D eigenvalue weighted by molar-refractivity contribution is 5.83. The Morgan fingerprint density at radius 3 is 2.60 bits per heavy atom. The number of carbonyl (C=O) groups excluding carboxylic acids is 1. The van der Waals surface area contributed by atoms with Gasteiger partial charge >= 0.3 is 0 Å². The van der Waals surface area contributed by atoms with E-state index in [4.69, 9.17) is 9.47 Å². The number of aryl methyl sites for hydroxylation is 1. The number of hydrogen-bond donors (Lipinski definition) is 1. The van der Waals surface area contributed by atoms with Crippen LogP contribution in [-0.2, 0) is 11.2 Å². The van der Waals surface area contributed by atoms with Crippen LogP contribution in [0.15, 0.2) is 53.6 Å². The zero-order chi connectivity index (χ0) is 18.1. The molecule has 2 aromatic carbocycles. The maximum atomic E-state index is 11.8. The third-order valence-electron chi connectivity index (χ3n) is 3.44. The van der Waals surface area contributed by atoms with Crippen molar-refractivity contribution in [3.8, 4) is 11.5 Å². The molecule has 0 bridgehead atoms. The fourth-order valence-corrected chi connectivity index (χ4v) is 2.25. The van der Waals surface area contributed by atoms with E-state index in [1.54, 1.807) is 13.3 Å². The molecule has 0 radical (unpaired) electrons. The fourth-order valence-electron chi connectivity index (χ4n) is 2.25. The topological polar surface area (TPSA) is 59.9 Å². The van der Waals surface area contributed by atoms with Crippen molar-refractivity contribution < 1.29 is 14.3 Å². The zero-order valence-corrected chi connectivity index (χ0v) is 14.9. The molecule has 2 aromatic rings. The SMILES string of the molecule is COc1cc(/C=N/NC(=O)CCc2ccccc2)ccc1OC(C)C. The third kappa shape index (κ3) is 6.30. The van der Waals surface area contributed by atoms with E-state index in [9.17, 15) is 4.79 Å². The lowest BCUT2D eigenvalue weighted by Crippen LogP contribution is -2.17. The molecule has 0 saturated carbocycles. The Morgan fingerprint density at radius 1 is 1.16 bits per heavy atom. The van der Waals surface area contributed by atoms with Gasteiger partial charge in [-0.15, -0.1) is 0 Å². The molecule has 0 aliphatic rings. The minimum Gasteiger partial charge on any atom is -0.493 e. The summed E-state index contributed by atoms with van der Waals surface area (Å²) in [5.41, 5.74) is 4.49. The lowest BCUT2D eigenvalue weighted by atomic mass is 10.1. The number of nitrogens with one attached hydrogen (secondary N) is 1. The molecule has 0 saturated heterocycles. The minimum absolute atomic E-state index is 0.0670. The number of rotatable bonds is 8. The molecule has 5 nitrogen and oxygen atoms in total. The molecule has 1 N–H and O–H groups in total. The molecule has 1 amide bonds. The second-order valence-electron chi connectivity index (χ2n) is 5.86. The van der Waals surface area contributed by atoms with E-state index in [2.05, 4.69) is 10.5 Å². The summed E-state index contributed by atoms with van der Waals surface area (Å²) in [4.78, 5) is 11.8. The van der Waals surface area contributed by atoms with Crippen molar-refractivity contribution in [1.82, 2.24) is 5.43 Å². The lowest BCUT2D eigenvalue weighted by molar-refractivity contribution is -0.121. The predicted molar refractivity (Wildman–Crippen MR) is 99.3 cm³/mol. The Balaban J connectivity index is 1.87. The summed E-state index contributed by atoms with van der Waals surface area (Å²) < 4.78 is 11.0. The molecule has 0 spiro atoms. The van der Waals surface area contributed by atoms with Crippen LogP contribution in [-0.4, -0.2) is 25.3 Å². The smallest absolute Gasteiger partial charge is 0.240 e. The predicted octanol–water partition coefficient (Wildman–Crippen LogP) is 3.57. The van der Waals surface area contributed by atoms with E-state index in [1.165, 1.54) is 0 Å². The summed E-state index contributed by atoms with van der Waals surface area (Å²) in [7, 11) is 1.59. The molecule has 0 atom stereocenters. The van der Waals surface area contributed by atoms with Gasteiger partial charge in [0.1, 0.15) is 0 Å². The van der Waals surface area contributed by atoms with Crippen LogP contribution in [0.2, 0.25) is 0 Å². The molecule has 0 heterocycles. The van der Waals surface area contributed by atoms with Crippen molar-refractivity contribution in [3.05, 3.63) is 59.7 Å². The van der Waals surface area contributed by atoms with Gasteiger partial charge in [0.05, 0.1) is 19.4 Å². The lowest BCUT2D eigenvalue weighted by Gasteiger charge is -2.13. The first kappa shape index (κ1) is 18.5. The van der Waals surface area contributed by atoms with Gasteiger partial charge in [0.15, 0.2) is 11.5 Å². The summed E-state index contributed by atoms with van der Waals surface area (Å²) in [6, 6.07) is 15.4. The number of methoxy groups -OCH3 is 1. The Morgan fingerprint density at radius 2 is 1.92 bits per heavy atom. The molecule has 25 heavy (non-hydrogen) atoms. The summed E-state index contributed by atoms with van der Waals surface area (Å²) >= 11 is 0. The first-order chi connectivity index (χ1) is 12.1. The Hall–Kier alpha value is -2.82. The number of nitrogens with zero attached hydrogens (tertiary/aromatic N) is 1. The number of hydrazone groups is 1. The number of hydrogen-bond acceptors (Lipinski definition) is 4. The monoisotopic (exact) mass is 340 g/mol. The number of benzene rings is 2. The Kier molecular flexibility index (Phi) is 7.01. The van der Waals surface area contributed by atoms with Crippen LogP contribution in [0.4, 0.5) is 0 Å². The van der Waals surface area contributed by atoms with Crippen molar-refractivity contribution in [3.63, 3.8) is 0 Å². The highest BCUT2D eigenvalue weighted by atomic mass is 16.5. The average Bonchev–Trinajstić information content (AvgIpc) is 2.61. The summed E-state index contributed by atoms with van der Waals surface area (Å²) in [6.45, 7) is 3.92. The van der Waals surface area contributed by atoms with Gasteiger partial charge in [-0.3, -0.25) is 4.79 Å². The second kappa shape index (κ2) is 9.47. The molecule has 0 aliphatic heterocycles. The maximum Gasteiger partial charge on any atom is 0.240 e. The van der Waals surface area contributed by atoms with E-state index in [1.807, 2.05) is 62.4 Å². The quantitative estimate of drug-likeness (QED) is 0.590. The summed E-state index contributed by atoms with van der Waals surface area (Å²) in [5.74, 6) is 1.20. The first-order valence-corrected chi connectivity index (χ1v) is 8.29. The zero-order valence-electron chi connectivity index (χ0n) is 14.9. The van der Waals surface area contributed by atoms with Crippen LogP contribution in [0.3, 0.4) is 0 Å². The highest BCUT2D eigenvalue weighted by Gasteiger charge is 2.07. The molecule has 132 valence electrons. The molecule has 0 fully saturated rings. The van der Waals surface area contributed by atoms with Crippen LogP contribution in [0.25, 0.3) is 0 Å². The first-order valence-electron chi connectivity index (χ1n) is 8.29. The fraction of sp³-hybridized carbons (Fsp3) is 0.300. The van der Waals surface area contributed by atoms with E-state index >= 15 is 0 Å². The highest BCUT2D eigenvalue weighted by Crippen LogP contribution is 2.28.